The summed E-state index contributed by atoms with van der Waals surface area (Å²) in [4.78, 5) is 17.2. The maximum atomic E-state index is 12.6. The van der Waals surface area contributed by atoms with Crippen LogP contribution in [0.5, 0.6) is 5.75 Å². The van der Waals surface area contributed by atoms with Gasteiger partial charge in [-0.25, -0.2) is 4.98 Å². The van der Waals surface area contributed by atoms with Crippen LogP contribution in [0.3, 0.4) is 0 Å². The first-order valence-electron chi connectivity index (χ1n) is 8.12. The van der Waals surface area contributed by atoms with E-state index in [9.17, 15) is 4.79 Å². The lowest BCUT2D eigenvalue weighted by Crippen LogP contribution is -2.31. The van der Waals surface area contributed by atoms with E-state index in [4.69, 9.17) is 4.74 Å². The molecule has 1 aromatic heterocycles. The first-order chi connectivity index (χ1) is 12.3. The van der Waals surface area contributed by atoms with Crippen molar-refractivity contribution in [2.24, 2.45) is 0 Å². The Balaban J connectivity index is 1.43. The minimum atomic E-state index is -0.499. The molecular formula is C20H14N2O2S. The second kappa shape index (κ2) is 5.57. The number of anilines is 1. The molecule has 4 aromatic rings. The van der Waals surface area contributed by atoms with Crippen molar-refractivity contribution in [2.45, 2.75) is 12.5 Å². The predicted octanol–water partition coefficient (Wildman–Crippen LogP) is 4.39. The minimum absolute atomic E-state index is 0.153. The second-order valence-corrected chi connectivity index (χ2v) is 7.09. The normalized spacial score (nSPS) is 15.9. The van der Waals surface area contributed by atoms with Crippen molar-refractivity contribution in [3.8, 4) is 5.75 Å². The van der Waals surface area contributed by atoms with Gasteiger partial charge in [-0.05, 0) is 23.1 Å². The van der Waals surface area contributed by atoms with Gasteiger partial charge in [-0.2, -0.15) is 0 Å². The highest BCUT2D eigenvalue weighted by Gasteiger charge is 2.29. The van der Waals surface area contributed by atoms with Crippen molar-refractivity contribution in [1.29, 1.82) is 0 Å². The summed E-state index contributed by atoms with van der Waals surface area (Å²) in [7, 11) is 0. The van der Waals surface area contributed by atoms with Crippen LogP contribution in [-0.4, -0.2) is 17.0 Å². The van der Waals surface area contributed by atoms with Crippen LogP contribution < -0.4 is 10.1 Å². The van der Waals surface area contributed by atoms with Crippen molar-refractivity contribution >= 4 is 43.4 Å². The van der Waals surface area contributed by atoms with E-state index in [1.807, 2.05) is 42.5 Å². The molecule has 0 saturated heterocycles. The van der Waals surface area contributed by atoms with Crippen LogP contribution in [0.4, 0.5) is 5.13 Å². The molecule has 3 aromatic carbocycles. The first kappa shape index (κ1) is 14.4. The number of amides is 1. The summed E-state index contributed by atoms with van der Waals surface area (Å²) in [5, 5.41) is 5.77. The van der Waals surface area contributed by atoms with Gasteiger partial charge in [0.25, 0.3) is 5.91 Å². The number of benzene rings is 3. The van der Waals surface area contributed by atoms with Gasteiger partial charge >= 0.3 is 0 Å². The molecule has 1 aliphatic rings. The quantitative estimate of drug-likeness (QED) is 0.585. The lowest BCUT2D eigenvalue weighted by molar-refractivity contribution is -0.122. The summed E-state index contributed by atoms with van der Waals surface area (Å²) in [6, 6.07) is 20.0. The zero-order valence-corrected chi connectivity index (χ0v) is 14.0. The molecule has 5 heteroatoms. The number of nitrogens with one attached hydrogen (secondary N) is 1. The molecule has 0 saturated carbocycles. The summed E-state index contributed by atoms with van der Waals surface area (Å²) in [6.07, 6.45) is 0.0942. The molecule has 4 nitrogen and oxygen atoms in total. The van der Waals surface area contributed by atoms with Crippen LogP contribution in [0.2, 0.25) is 0 Å². The fourth-order valence-electron chi connectivity index (χ4n) is 3.23. The standard InChI is InChI=1S/C20H14N2O2S/c23-19(16-11-13-6-2-4-8-15(13)24-16)22-20-21-18-14-7-3-1-5-12(14)9-10-17(18)25-20/h1-10,16H,11H2,(H,21,22,23)/t16-/m1/s1. The monoisotopic (exact) mass is 346 g/mol. The minimum Gasteiger partial charge on any atom is -0.480 e. The van der Waals surface area contributed by atoms with Crippen molar-refractivity contribution < 1.29 is 9.53 Å². The van der Waals surface area contributed by atoms with E-state index in [1.165, 1.54) is 11.3 Å². The van der Waals surface area contributed by atoms with Crippen molar-refractivity contribution in [2.75, 3.05) is 5.32 Å². The van der Waals surface area contributed by atoms with E-state index < -0.39 is 6.10 Å². The highest BCUT2D eigenvalue weighted by molar-refractivity contribution is 7.22. The van der Waals surface area contributed by atoms with E-state index >= 15 is 0 Å². The third-order valence-electron chi connectivity index (χ3n) is 4.45. The first-order valence-corrected chi connectivity index (χ1v) is 8.93. The van der Waals surface area contributed by atoms with Gasteiger partial charge in [0, 0.05) is 11.8 Å². The highest BCUT2D eigenvalue weighted by Crippen LogP contribution is 2.33. The maximum absolute atomic E-state index is 12.6. The van der Waals surface area contributed by atoms with Gasteiger partial charge in [0.1, 0.15) is 5.75 Å². The van der Waals surface area contributed by atoms with Gasteiger partial charge in [0.15, 0.2) is 11.2 Å². The van der Waals surface area contributed by atoms with Crippen molar-refractivity contribution in [3.63, 3.8) is 0 Å². The topological polar surface area (TPSA) is 51.2 Å². The third-order valence-corrected chi connectivity index (χ3v) is 5.39. The number of carbonyl (C=O) groups excluding carboxylic acids is 1. The van der Waals surface area contributed by atoms with Crippen LogP contribution in [0, 0.1) is 0 Å². The summed E-state index contributed by atoms with van der Waals surface area (Å²) in [5.74, 6) is 0.637. The smallest absolute Gasteiger partial charge is 0.267 e. The number of carbonyl (C=O) groups is 1. The molecule has 0 fully saturated rings. The molecule has 122 valence electrons. The molecule has 1 aliphatic heterocycles. The van der Waals surface area contributed by atoms with E-state index in [1.54, 1.807) is 0 Å². The number of hydrogen-bond donors (Lipinski definition) is 1. The molecular weight excluding hydrogens is 332 g/mol. The number of para-hydroxylation sites is 1. The largest absolute Gasteiger partial charge is 0.480 e. The fourth-order valence-corrected chi connectivity index (χ4v) is 4.11. The lowest BCUT2D eigenvalue weighted by atomic mass is 10.1. The van der Waals surface area contributed by atoms with Gasteiger partial charge in [0.05, 0.1) is 10.2 Å². The van der Waals surface area contributed by atoms with Gasteiger partial charge < -0.3 is 4.74 Å². The molecule has 0 aliphatic carbocycles. The van der Waals surface area contributed by atoms with E-state index in [0.29, 0.717) is 11.6 Å². The van der Waals surface area contributed by atoms with Crippen molar-refractivity contribution in [3.05, 3.63) is 66.2 Å². The molecule has 1 amide bonds. The fraction of sp³-hybridized carbons (Fsp3) is 0.100. The van der Waals surface area contributed by atoms with Crippen LogP contribution in [0.1, 0.15) is 5.56 Å². The zero-order valence-electron chi connectivity index (χ0n) is 13.2. The number of ether oxygens (including phenoxy) is 1. The second-order valence-electron chi connectivity index (χ2n) is 6.06. The van der Waals surface area contributed by atoms with Gasteiger partial charge in [-0.15, -0.1) is 0 Å². The van der Waals surface area contributed by atoms with E-state index in [2.05, 4.69) is 28.5 Å². The van der Waals surface area contributed by atoms with Crippen LogP contribution >= 0.6 is 11.3 Å². The predicted molar refractivity (Wildman–Crippen MR) is 100 cm³/mol. The van der Waals surface area contributed by atoms with E-state index in [0.717, 1.165) is 32.3 Å². The van der Waals surface area contributed by atoms with Gasteiger partial charge in [0.2, 0.25) is 0 Å². The Bertz CT molecular complexity index is 1090. The molecule has 0 unspecified atom stereocenters. The highest BCUT2D eigenvalue weighted by atomic mass is 32.1. The molecule has 2 heterocycles. The Labute approximate surface area is 148 Å². The average Bonchev–Trinajstić information content (AvgIpc) is 3.25. The number of fused-ring (bicyclic) bond motifs is 4. The van der Waals surface area contributed by atoms with Gasteiger partial charge in [-0.3, -0.25) is 10.1 Å². The molecule has 1 N–H and O–H groups in total. The average molecular weight is 346 g/mol. The zero-order chi connectivity index (χ0) is 16.8. The van der Waals surface area contributed by atoms with Crippen LogP contribution in [0.15, 0.2) is 60.7 Å². The molecule has 0 radical (unpaired) electrons. The SMILES string of the molecule is O=C(Nc1nc2c(ccc3ccccc32)s1)[C@H]1Cc2ccccc2O1. The number of thiazole rings is 1. The van der Waals surface area contributed by atoms with E-state index in [-0.39, 0.29) is 5.91 Å². The maximum Gasteiger partial charge on any atom is 0.267 e. The van der Waals surface area contributed by atoms with Crippen molar-refractivity contribution in [1.82, 2.24) is 4.98 Å². The summed E-state index contributed by atoms with van der Waals surface area (Å²) in [5.41, 5.74) is 1.99. The molecule has 5 rings (SSSR count). The molecule has 0 spiro atoms. The summed E-state index contributed by atoms with van der Waals surface area (Å²) >= 11 is 1.48. The van der Waals surface area contributed by atoms with Crippen LogP contribution in [0.25, 0.3) is 21.0 Å². The lowest BCUT2D eigenvalue weighted by Gasteiger charge is -2.09. The number of aromatic nitrogens is 1. The Kier molecular flexibility index (Phi) is 3.21. The Morgan fingerprint density at radius 2 is 1.92 bits per heavy atom. The Hall–Kier alpha value is -2.92. The third kappa shape index (κ3) is 2.44. The number of hydrogen-bond acceptors (Lipinski definition) is 4. The Morgan fingerprint density at radius 1 is 1.08 bits per heavy atom. The summed E-state index contributed by atoms with van der Waals surface area (Å²) in [6.45, 7) is 0. The van der Waals surface area contributed by atoms with Gasteiger partial charge in [-0.1, -0.05) is 59.9 Å². The Morgan fingerprint density at radius 3 is 2.84 bits per heavy atom. The molecule has 0 bridgehead atoms. The summed E-state index contributed by atoms with van der Waals surface area (Å²) < 4.78 is 6.81. The molecule has 1 atom stereocenters. The number of rotatable bonds is 2. The van der Waals surface area contributed by atoms with Crippen LogP contribution in [-0.2, 0) is 11.2 Å². The number of nitrogens with zero attached hydrogens (tertiary/aromatic N) is 1. The molecule has 25 heavy (non-hydrogen) atoms.